The van der Waals surface area contributed by atoms with Crippen LogP contribution in [0.15, 0.2) is 53.3 Å². The molecule has 2 amide bonds. The molecule has 3 aliphatic heterocycles. The molecule has 6 rings (SSSR count). The van der Waals surface area contributed by atoms with Crippen molar-refractivity contribution >= 4 is 34.5 Å². The van der Waals surface area contributed by atoms with Crippen LogP contribution < -0.4 is 20.5 Å². The molecule has 2 saturated heterocycles. The van der Waals surface area contributed by atoms with Gasteiger partial charge in [-0.2, -0.15) is 0 Å². The average molecular weight is 476 g/mol. The van der Waals surface area contributed by atoms with Gasteiger partial charge < -0.3 is 19.4 Å². The molecular formula is C25H25N5O5. The number of carbonyl (C=O) groups excluding carboxylic acids is 2. The van der Waals surface area contributed by atoms with E-state index in [1.807, 2.05) is 34.9 Å². The molecule has 0 bridgehead atoms. The molecule has 2 fully saturated rings. The van der Waals surface area contributed by atoms with E-state index in [1.165, 1.54) is 4.90 Å². The topological polar surface area (TPSA) is 106 Å². The second-order valence-electron chi connectivity index (χ2n) is 9.14. The minimum atomic E-state index is -0.439. The fourth-order valence-corrected chi connectivity index (χ4v) is 5.14. The fraction of sp³-hybridized carbons (Fsp3) is 0.360. The Morgan fingerprint density at radius 2 is 1.86 bits per heavy atom. The van der Waals surface area contributed by atoms with Crippen molar-refractivity contribution in [3.8, 4) is 5.75 Å². The van der Waals surface area contributed by atoms with Gasteiger partial charge in [0.25, 0.3) is 11.5 Å². The quantitative estimate of drug-likeness (QED) is 0.602. The second kappa shape index (κ2) is 8.70. The van der Waals surface area contributed by atoms with Crippen LogP contribution in [0.5, 0.6) is 5.75 Å². The van der Waals surface area contributed by atoms with E-state index in [0.717, 1.165) is 30.4 Å². The number of aryl methyl sites for hydroxylation is 1. The molecule has 3 aromatic rings. The molecule has 2 aromatic heterocycles. The normalized spacial score (nSPS) is 21.8. The van der Waals surface area contributed by atoms with E-state index >= 15 is 0 Å². The highest BCUT2D eigenvalue weighted by Gasteiger charge is 2.42. The Bertz CT molecular complexity index is 1370. The first-order valence-electron chi connectivity index (χ1n) is 11.8. The van der Waals surface area contributed by atoms with E-state index in [4.69, 9.17) is 9.47 Å². The van der Waals surface area contributed by atoms with Crippen molar-refractivity contribution < 1.29 is 19.1 Å². The minimum absolute atomic E-state index is 0.00232. The molecule has 10 heteroatoms. The molecule has 1 aromatic carbocycles. The molecule has 0 saturated carbocycles. The largest absolute Gasteiger partial charge is 0.480 e. The first-order chi connectivity index (χ1) is 17.0. The Morgan fingerprint density at radius 3 is 2.77 bits per heavy atom. The first kappa shape index (κ1) is 21.6. The van der Waals surface area contributed by atoms with E-state index in [1.54, 1.807) is 18.2 Å². The summed E-state index contributed by atoms with van der Waals surface area (Å²) in [4.78, 5) is 45.0. The third kappa shape index (κ3) is 4.10. The minimum Gasteiger partial charge on any atom is -0.480 e. The van der Waals surface area contributed by atoms with E-state index in [-0.39, 0.29) is 30.1 Å². The van der Waals surface area contributed by atoms with Gasteiger partial charge in [0.1, 0.15) is 11.9 Å². The van der Waals surface area contributed by atoms with Crippen LogP contribution in [0.2, 0.25) is 0 Å². The number of ether oxygens (including phenoxy) is 2. The zero-order valence-corrected chi connectivity index (χ0v) is 19.1. The van der Waals surface area contributed by atoms with Crippen molar-refractivity contribution in [3.05, 3.63) is 58.9 Å². The average Bonchev–Trinajstić information content (AvgIpc) is 3.25. The number of rotatable bonds is 5. The van der Waals surface area contributed by atoms with Crippen LogP contribution in [0, 0.1) is 5.92 Å². The van der Waals surface area contributed by atoms with Gasteiger partial charge in [0.05, 0.1) is 5.52 Å². The number of fused-ring (bicyclic) bond motifs is 3. The summed E-state index contributed by atoms with van der Waals surface area (Å²) in [5.41, 5.74) is 0.946. The molecule has 35 heavy (non-hydrogen) atoms. The van der Waals surface area contributed by atoms with E-state index in [0.29, 0.717) is 37.0 Å². The maximum Gasteiger partial charge on any atom is 0.415 e. The number of benzene rings is 1. The summed E-state index contributed by atoms with van der Waals surface area (Å²) in [5.74, 6) is 1.09. The number of nitrogens with one attached hydrogen (secondary N) is 1. The third-order valence-corrected chi connectivity index (χ3v) is 6.84. The number of aromatic nitrogens is 2. The molecule has 1 N–H and O–H groups in total. The summed E-state index contributed by atoms with van der Waals surface area (Å²) in [6, 6.07) is 14.8. The lowest BCUT2D eigenvalue weighted by Crippen LogP contribution is -2.48. The Labute approximate surface area is 201 Å². The van der Waals surface area contributed by atoms with E-state index in [2.05, 4.69) is 15.2 Å². The van der Waals surface area contributed by atoms with Crippen LogP contribution in [-0.4, -0.2) is 65.3 Å². The van der Waals surface area contributed by atoms with Crippen molar-refractivity contribution in [1.82, 2.24) is 14.5 Å². The molecule has 0 radical (unpaired) electrons. The summed E-state index contributed by atoms with van der Waals surface area (Å²) in [6.45, 7) is 3.35. The molecule has 0 aliphatic carbocycles. The molecule has 0 unspecified atom stereocenters. The van der Waals surface area contributed by atoms with Gasteiger partial charge in [-0.05, 0) is 36.1 Å². The van der Waals surface area contributed by atoms with Gasteiger partial charge in [-0.15, -0.1) is 0 Å². The number of hydrogen-bond donors (Lipinski definition) is 1. The monoisotopic (exact) mass is 475 g/mol. The molecule has 180 valence electrons. The molecule has 2 atom stereocenters. The first-order valence-corrected chi connectivity index (χ1v) is 11.8. The van der Waals surface area contributed by atoms with Crippen molar-refractivity contribution in [2.45, 2.75) is 19.1 Å². The zero-order valence-electron chi connectivity index (χ0n) is 19.1. The van der Waals surface area contributed by atoms with Crippen LogP contribution in [-0.2, 0) is 16.1 Å². The lowest BCUT2D eigenvalue weighted by molar-refractivity contribution is -0.118. The van der Waals surface area contributed by atoms with Crippen molar-refractivity contribution in [2.24, 2.45) is 5.92 Å². The zero-order chi connectivity index (χ0) is 23.9. The van der Waals surface area contributed by atoms with E-state index in [9.17, 15) is 14.4 Å². The van der Waals surface area contributed by atoms with Crippen molar-refractivity contribution in [1.29, 1.82) is 0 Å². The summed E-state index contributed by atoms with van der Waals surface area (Å²) in [5, 5.41) is 3.72. The van der Waals surface area contributed by atoms with Gasteiger partial charge in [0, 0.05) is 44.7 Å². The molecule has 10 nitrogen and oxygen atoms in total. The molecule has 5 heterocycles. The fourth-order valence-electron chi connectivity index (χ4n) is 5.14. The highest BCUT2D eigenvalue weighted by Crippen LogP contribution is 2.32. The van der Waals surface area contributed by atoms with Crippen LogP contribution in [0.4, 0.5) is 16.4 Å². The summed E-state index contributed by atoms with van der Waals surface area (Å²) in [7, 11) is 0. The number of anilines is 2. The molecule has 3 aliphatic rings. The number of para-hydroxylation sites is 1. The summed E-state index contributed by atoms with van der Waals surface area (Å²) in [6.07, 6.45) is 0.211. The smallest absolute Gasteiger partial charge is 0.415 e. The standard InChI is InChI=1S/C25H25N5O5/c31-22-15-34-19-7-8-21(26-24(19)27-22)30-13-17-12-28(14-20(17)35-25(30)33)10-3-11-29-18-5-2-1-4-16(18)6-9-23(29)32/h1-2,4-9,17,20H,3,10-15H2,(H,26,27,31)/t17-,20+/m1/s1. The third-order valence-electron chi connectivity index (χ3n) is 6.84. The Morgan fingerprint density at radius 1 is 0.971 bits per heavy atom. The Balaban J connectivity index is 1.10. The highest BCUT2D eigenvalue weighted by molar-refractivity contribution is 5.95. The number of likely N-dealkylation sites (tertiary alicyclic amines) is 1. The highest BCUT2D eigenvalue weighted by atomic mass is 16.6. The number of amides is 2. The number of nitrogens with zero attached hydrogens (tertiary/aromatic N) is 4. The Kier molecular flexibility index (Phi) is 5.37. The Hall–Kier alpha value is -3.92. The van der Waals surface area contributed by atoms with Gasteiger partial charge in [-0.1, -0.05) is 18.2 Å². The van der Waals surface area contributed by atoms with Gasteiger partial charge in [-0.25, -0.2) is 9.78 Å². The van der Waals surface area contributed by atoms with Crippen LogP contribution in [0.25, 0.3) is 10.9 Å². The van der Waals surface area contributed by atoms with E-state index < -0.39 is 6.09 Å². The molecule has 0 spiro atoms. The lowest BCUT2D eigenvalue weighted by atomic mass is 10.0. The van der Waals surface area contributed by atoms with Crippen molar-refractivity contribution in [2.75, 3.05) is 43.0 Å². The van der Waals surface area contributed by atoms with Gasteiger partial charge >= 0.3 is 6.09 Å². The predicted octanol–water partition coefficient (Wildman–Crippen LogP) is 2.07. The maximum absolute atomic E-state index is 12.7. The van der Waals surface area contributed by atoms with Crippen LogP contribution in [0.1, 0.15) is 6.42 Å². The number of carbonyl (C=O) groups is 2. The summed E-state index contributed by atoms with van der Waals surface area (Å²) >= 11 is 0. The van der Waals surface area contributed by atoms with Gasteiger partial charge in [0.15, 0.2) is 18.2 Å². The number of pyridine rings is 2. The summed E-state index contributed by atoms with van der Waals surface area (Å²) < 4.78 is 12.9. The van der Waals surface area contributed by atoms with Crippen LogP contribution in [0.3, 0.4) is 0 Å². The predicted molar refractivity (Wildman–Crippen MR) is 129 cm³/mol. The number of hydrogen-bond acceptors (Lipinski definition) is 7. The van der Waals surface area contributed by atoms with Gasteiger partial charge in [0.2, 0.25) is 0 Å². The lowest BCUT2D eigenvalue weighted by Gasteiger charge is -2.33. The van der Waals surface area contributed by atoms with Crippen LogP contribution >= 0.6 is 0 Å². The SMILES string of the molecule is O=C1COc2ccc(N3C[C@H]4CN(CCCn5c(=O)ccc6ccccc65)C[C@@H]4OC3=O)nc2N1. The van der Waals surface area contributed by atoms with Crippen molar-refractivity contribution in [3.63, 3.8) is 0 Å². The maximum atomic E-state index is 12.7. The molecular weight excluding hydrogens is 450 g/mol. The van der Waals surface area contributed by atoms with Gasteiger partial charge in [-0.3, -0.25) is 19.4 Å². The second-order valence-corrected chi connectivity index (χ2v) is 9.14.